The fraction of sp³-hybridized carbons (Fsp3) is 0.632. The number of ether oxygens (including phenoxy) is 2. The van der Waals surface area contributed by atoms with E-state index in [1.165, 1.54) is 32.1 Å². The molecule has 0 aromatic heterocycles. The summed E-state index contributed by atoms with van der Waals surface area (Å²) in [5.74, 6) is 1.10. The van der Waals surface area contributed by atoms with Crippen LogP contribution in [-0.4, -0.2) is 48.3 Å². The number of amides is 1. The van der Waals surface area contributed by atoms with Crippen LogP contribution in [0.3, 0.4) is 0 Å². The van der Waals surface area contributed by atoms with Crippen molar-refractivity contribution in [1.82, 2.24) is 4.90 Å². The Morgan fingerprint density at radius 3 is 2.83 bits per heavy atom. The Kier molecular flexibility index (Phi) is 5.96. The Balaban J connectivity index is 1.46. The number of hydrogen-bond donors (Lipinski definition) is 1. The van der Waals surface area contributed by atoms with Gasteiger partial charge in [-0.05, 0) is 24.5 Å². The minimum Gasteiger partial charge on any atom is -0.504 e. The van der Waals surface area contributed by atoms with Crippen molar-refractivity contribution in [3.63, 3.8) is 0 Å². The highest BCUT2D eigenvalue weighted by atomic mass is 16.5. The van der Waals surface area contributed by atoms with Crippen LogP contribution in [0.2, 0.25) is 0 Å². The molecular formula is C19H27NO4. The van der Waals surface area contributed by atoms with E-state index in [4.69, 9.17) is 9.47 Å². The maximum Gasteiger partial charge on any atom is 0.260 e. The molecule has 2 fully saturated rings. The molecule has 0 bridgehead atoms. The quantitative estimate of drug-likeness (QED) is 0.900. The van der Waals surface area contributed by atoms with Crippen LogP contribution in [0.25, 0.3) is 0 Å². The molecule has 132 valence electrons. The highest BCUT2D eigenvalue weighted by Gasteiger charge is 2.27. The number of morpholine rings is 1. The average molecular weight is 333 g/mol. The first kappa shape index (κ1) is 17.1. The van der Waals surface area contributed by atoms with E-state index in [9.17, 15) is 9.90 Å². The SMILES string of the molecule is O=C(COc1ccccc1O)N1CCO[C@H](CC2CCCCC2)C1. The first-order chi connectivity index (χ1) is 11.7. The van der Waals surface area contributed by atoms with Crippen LogP contribution in [0.5, 0.6) is 11.5 Å². The van der Waals surface area contributed by atoms with Gasteiger partial charge in [-0.3, -0.25) is 4.79 Å². The summed E-state index contributed by atoms with van der Waals surface area (Å²) in [5.41, 5.74) is 0. The number of aromatic hydroxyl groups is 1. The zero-order valence-electron chi connectivity index (χ0n) is 14.2. The summed E-state index contributed by atoms with van der Waals surface area (Å²) >= 11 is 0. The molecule has 1 N–H and O–H groups in total. The molecule has 1 heterocycles. The standard InChI is InChI=1S/C19H27NO4/c21-17-8-4-5-9-18(17)24-14-19(22)20-10-11-23-16(13-20)12-15-6-2-1-3-7-15/h4-5,8-9,15-16,21H,1-3,6-7,10-14H2/t16-/m1/s1. The van der Waals surface area contributed by atoms with Gasteiger partial charge in [0, 0.05) is 13.1 Å². The van der Waals surface area contributed by atoms with E-state index in [-0.39, 0.29) is 24.4 Å². The predicted molar refractivity (Wildman–Crippen MR) is 91.1 cm³/mol. The Morgan fingerprint density at radius 1 is 1.25 bits per heavy atom. The zero-order chi connectivity index (χ0) is 16.8. The van der Waals surface area contributed by atoms with Crippen molar-refractivity contribution >= 4 is 5.91 Å². The summed E-state index contributed by atoms with van der Waals surface area (Å²) in [7, 11) is 0. The van der Waals surface area contributed by atoms with Crippen LogP contribution in [-0.2, 0) is 9.53 Å². The van der Waals surface area contributed by atoms with Gasteiger partial charge in [0.25, 0.3) is 5.91 Å². The van der Waals surface area contributed by atoms with Gasteiger partial charge in [0.05, 0.1) is 12.7 Å². The molecule has 1 aromatic rings. The van der Waals surface area contributed by atoms with Crippen molar-refractivity contribution < 1.29 is 19.4 Å². The van der Waals surface area contributed by atoms with Crippen molar-refractivity contribution in [3.8, 4) is 11.5 Å². The molecule has 1 amide bonds. The Hall–Kier alpha value is -1.75. The smallest absolute Gasteiger partial charge is 0.260 e. The van der Waals surface area contributed by atoms with Gasteiger partial charge in [0.15, 0.2) is 18.1 Å². The molecule has 0 radical (unpaired) electrons. The number of nitrogens with zero attached hydrogens (tertiary/aromatic N) is 1. The Labute approximate surface area is 143 Å². The van der Waals surface area contributed by atoms with Crippen molar-refractivity contribution in [1.29, 1.82) is 0 Å². The largest absolute Gasteiger partial charge is 0.504 e. The van der Waals surface area contributed by atoms with E-state index in [2.05, 4.69) is 0 Å². The summed E-state index contributed by atoms with van der Waals surface area (Å²) in [6, 6.07) is 6.71. The average Bonchev–Trinajstić information content (AvgIpc) is 2.62. The van der Waals surface area contributed by atoms with Gasteiger partial charge in [-0.1, -0.05) is 44.2 Å². The summed E-state index contributed by atoms with van der Waals surface area (Å²) in [6.45, 7) is 1.82. The molecule has 1 aliphatic heterocycles. The van der Waals surface area contributed by atoms with Crippen LogP contribution < -0.4 is 4.74 Å². The molecule has 5 heteroatoms. The minimum absolute atomic E-state index is 0.0461. The molecule has 2 aliphatic rings. The summed E-state index contributed by atoms with van der Waals surface area (Å²) in [6.07, 6.45) is 7.81. The molecule has 1 saturated heterocycles. The second kappa shape index (κ2) is 8.38. The van der Waals surface area contributed by atoms with Crippen LogP contribution in [0, 0.1) is 5.92 Å². The van der Waals surface area contributed by atoms with Gasteiger partial charge in [-0.25, -0.2) is 0 Å². The van der Waals surface area contributed by atoms with Gasteiger partial charge in [-0.2, -0.15) is 0 Å². The first-order valence-electron chi connectivity index (χ1n) is 9.02. The fourth-order valence-electron chi connectivity index (χ4n) is 3.69. The predicted octanol–water partition coefficient (Wildman–Crippen LogP) is 2.97. The maximum atomic E-state index is 12.4. The maximum absolute atomic E-state index is 12.4. The number of carbonyl (C=O) groups excluding carboxylic acids is 1. The van der Waals surface area contributed by atoms with Gasteiger partial charge in [0.2, 0.25) is 0 Å². The second-order valence-electron chi connectivity index (χ2n) is 6.83. The lowest BCUT2D eigenvalue weighted by atomic mass is 9.85. The van der Waals surface area contributed by atoms with Crippen molar-refractivity contribution in [2.75, 3.05) is 26.3 Å². The number of rotatable bonds is 5. The van der Waals surface area contributed by atoms with Crippen molar-refractivity contribution in [2.45, 2.75) is 44.6 Å². The zero-order valence-corrected chi connectivity index (χ0v) is 14.2. The second-order valence-corrected chi connectivity index (χ2v) is 6.83. The van der Waals surface area contributed by atoms with E-state index in [0.29, 0.717) is 25.4 Å². The lowest BCUT2D eigenvalue weighted by molar-refractivity contribution is -0.141. The van der Waals surface area contributed by atoms with E-state index >= 15 is 0 Å². The van der Waals surface area contributed by atoms with Gasteiger partial charge in [-0.15, -0.1) is 0 Å². The first-order valence-corrected chi connectivity index (χ1v) is 9.02. The minimum atomic E-state index is -0.0479. The Bertz CT molecular complexity index is 542. The summed E-state index contributed by atoms with van der Waals surface area (Å²) in [5, 5.41) is 9.69. The molecule has 24 heavy (non-hydrogen) atoms. The van der Waals surface area contributed by atoms with Gasteiger partial charge >= 0.3 is 0 Å². The topological polar surface area (TPSA) is 59.0 Å². The number of para-hydroxylation sites is 2. The van der Waals surface area contributed by atoms with E-state index in [1.807, 2.05) is 4.90 Å². The van der Waals surface area contributed by atoms with Crippen LogP contribution >= 0.6 is 0 Å². The molecule has 1 atom stereocenters. The number of carbonyl (C=O) groups is 1. The highest BCUT2D eigenvalue weighted by molar-refractivity contribution is 5.78. The third kappa shape index (κ3) is 4.63. The molecule has 3 rings (SSSR count). The number of benzene rings is 1. The fourth-order valence-corrected chi connectivity index (χ4v) is 3.69. The van der Waals surface area contributed by atoms with Crippen molar-refractivity contribution in [3.05, 3.63) is 24.3 Å². The molecule has 0 spiro atoms. The van der Waals surface area contributed by atoms with E-state index in [0.717, 1.165) is 12.3 Å². The molecule has 5 nitrogen and oxygen atoms in total. The molecule has 1 saturated carbocycles. The number of phenols is 1. The summed E-state index contributed by atoms with van der Waals surface area (Å²) < 4.78 is 11.3. The lowest BCUT2D eigenvalue weighted by Crippen LogP contribution is -2.47. The van der Waals surface area contributed by atoms with E-state index < -0.39 is 0 Å². The molecule has 0 unspecified atom stereocenters. The van der Waals surface area contributed by atoms with Gasteiger partial charge in [0.1, 0.15) is 0 Å². The third-order valence-corrected chi connectivity index (χ3v) is 5.03. The normalized spacial score (nSPS) is 22.3. The number of hydrogen-bond acceptors (Lipinski definition) is 4. The third-order valence-electron chi connectivity index (χ3n) is 5.03. The monoisotopic (exact) mass is 333 g/mol. The molecular weight excluding hydrogens is 306 g/mol. The number of phenolic OH excluding ortho intramolecular Hbond substituents is 1. The van der Waals surface area contributed by atoms with Crippen LogP contribution in [0.15, 0.2) is 24.3 Å². The van der Waals surface area contributed by atoms with Crippen LogP contribution in [0.1, 0.15) is 38.5 Å². The summed E-state index contributed by atoms with van der Waals surface area (Å²) in [4.78, 5) is 14.2. The lowest BCUT2D eigenvalue weighted by Gasteiger charge is -2.35. The van der Waals surface area contributed by atoms with Crippen LogP contribution in [0.4, 0.5) is 0 Å². The highest BCUT2D eigenvalue weighted by Crippen LogP contribution is 2.29. The van der Waals surface area contributed by atoms with Gasteiger partial charge < -0.3 is 19.5 Å². The van der Waals surface area contributed by atoms with Crippen molar-refractivity contribution in [2.24, 2.45) is 5.92 Å². The Morgan fingerprint density at radius 2 is 2.04 bits per heavy atom. The molecule has 1 aliphatic carbocycles. The van der Waals surface area contributed by atoms with E-state index in [1.54, 1.807) is 24.3 Å². The molecule has 1 aromatic carbocycles.